The van der Waals surface area contributed by atoms with Crippen molar-refractivity contribution in [1.82, 2.24) is 14.9 Å². The van der Waals surface area contributed by atoms with E-state index in [9.17, 15) is 13.2 Å². The number of halogens is 3. The topological polar surface area (TPSA) is 67.4 Å². The molecule has 28 heavy (non-hydrogen) atoms. The number of hydrogen-bond acceptors (Lipinski definition) is 5. The first-order valence-electron chi connectivity index (χ1n) is 9.13. The van der Waals surface area contributed by atoms with Crippen molar-refractivity contribution in [1.29, 1.82) is 0 Å². The number of fused-ring (bicyclic) bond motifs is 2. The number of nitrogens with two attached hydrogens (primary N) is 1. The monoisotopic (exact) mass is 389 g/mol. The van der Waals surface area contributed by atoms with Crippen LogP contribution in [0.2, 0.25) is 0 Å². The number of aliphatic imine (C=N–C) groups is 1. The highest BCUT2D eigenvalue weighted by atomic mass is 19.4. The van der Waals surface area contributed by atoms with E-state index in [1.807, 2.05) is 18.2 Å². The summed E-state index contributed by atoms with van der Waals surface area (Å²) in [6.07, 6.45) is 2.04. The lowest BCUT2D eigenvalue weighted by atomic mass is 9.65. The van der Waals surface area contributed by atoms with Crippen molar-refractivity contribution >= 4 is 5.96 Å². The van der Waals surface area contributed by atoms with Gasteiger partial charge in [0.05, 0.1) is 6.54 Å². The average molecular weight is 389 g/mol. The summed E-state index contributed by atoms with van der Waals surface area (Å²) in [5, 5.41) is 0. The minimum atomic E-state index is -4.33. The van der Waals surface area contributed by atoms with Crippen LogP contribution in [0.3, 0.4) is 0 Å². The number of nitrogens with zero attached hydrogens (tertiary/aromatic N) is 4. The van der Waals surface area contributed by atoms with Crippen molar-refractivity contribution in [3.8, 4) is 11.1 Å². The van der Waals surface area contributed by atoms with E-state index in [0.717, 1.165) is 33.6 Å². The van der Waals surface area contributed by atoms with Gasteiger partial charge in [-0.2, -0.15) is 13.2 Å². The standard InChI is InChI=1S/C20H22F3N5/c1-18(2)6-14-4-3-13(15-7-25-12-26-8-15)5-16(14)19(9-18)10-28(17(24)27-19)11-20(21,22)23/h3-5,7-8,12H,6,9-11H2,1-2H3,(H2,24,27). The highest BCUT2D eigenvalue weighted by Crippen LogP contribution is 2.50. The lowest BCUT2D eigenvalue weighted by molar-refractivity contribution is -0.138. The van der Waals surface area contributed by atoms with E-state index < -0.39 is 18.3 Å². The molecule has 0 saturated carbocycles. The molecule has 1 unspecified atom stereocenters. The molecule has 0 bridgehead atoms. The first-order valence-corrected chi connectivity index (χ1v) is 9.13. The number of benzene rings is 1. The summed E-state index contributed by atoms with van der Waals surface area (Å²) in [6.45, 7) is 3.28. The maximum atomic E-state index is 13.0. The summed E-state index contributed by atoms with van der Waals surface area (Å²) >= 11 is 0. The molecule has 2 heterocycles. The molecule has 1 aromatic heterocycles. The van der Waals surface area contributed by atoms with Gasteiger partial charge in [-0.1, -0.05) is 26.0 Å². The number of alkyl halides is 3. The number of rotatable bonds is 2. The van der Waals surface area contributed by atoms with Crippen LogP contribution in [0.15, 0.2) is 41.9 Å². The minimum Gasteiger partial charge on any atom is -0.370 e. The Kier molecular flexibility index (Phi) is 4.13. The average Bonchev–Trinajstić information content (AvgIpc) is 2.88. The van der Waals surface area contributed by atoms with Crippen LogP contribution in [0, 0.1) is 5.41 Å². The van der Waals surface area contributed by atoms with Gasteiger partial charge in [-0.25, -0.2) is 15.0 Å². The first-order chi connectivity index (χ1) is 13.1. The van der Waals surface area contributed by atoms with Crippen LogP contribution in [0.1, 0.15) is 31.4 Å². The van der Waals surface area contributed by atoms with Gasteiger partial charge in [0.2, 0.25) is 0 Å². The number of guanidine groups is 1. The van der Waals surface area contributed by atoms with Crippen molar-refractivity contribution in [3.63, 3.8) is 0 Å². The molecule has 4 rings (SSSR count). The second kappa shape index (κ2) is 6.18. The third kappa shape index (κ3) is 3.43. The van der Waals surface area contributed by atoms with Gasteiger partial charge in [0.1, 0.15) is 18.4 Å². The predicted molar refractivity (Wildman–Crippen MR) is 100 cm³/mol. The number of aromatic nitrogens is 2. The molecule has 1 aliphatic heterocycles. The van der Waals surface area contributed by atoms with Crippen molar-refractivity contribution < 1.29 is 13.2 Å². The third-order valence-corrected chi connectivity index (χ3v) is 5.42. The van der Waals surface area contributed by atoms with Gasteiger partial charge in [-0.15, -0.1) is 0 Å². The van der Waals surface area contributed by atoms with Gasteiger partial charge >= 0.3 is 6.18 Å². The van der Waals surface area contributed by atoms with Crippen LogP contribution < -0.4 is 5.73 Å². The largest absolute Gasteiger partial charge is 0.406 e. The highest BCUT2D eigenvalue weighted by molar-refractivity contribution is 5.81. The second-order valence-electron chi connectivity index (χ2n) is 8.49. The Bertz CT molecular complexity index is 923. The van der Waals surface area contributed by atoms with Crippen LogP contribution >= 0.6 is 0 Å². The Morgan fingerprint density at radius 1 is 1.14 bits per heavy atom. The second-order valence-corrected chi connectivity index (χ2v) is 8.49. The SMILES string of the molecule is CC1(C)Cc2ccc(-c3cncnc3)cc2C2(CN(CC(F)(F)F)C(N)=N2)C1. The Labute approximate surface area is 161 Å². The molecule has 5 nitrogen and oxygen atoms in total. The summed E-state index contributed by atoms with van der Waals surface area (Å²) in [5.74, 6) is -0.0468. The molecule has 8 heteroatoms. The molecule has 0 amide bonds. The van der Waals surface area contributed by atoms with Gasteiger partial charge < -0.3 is 10.6 Å². The lowest BCUT2D eigenvalue weighted by Gasteiger charge is -2.42. The van der Waals surface area contributed by atoms with E-state index in [1.54, 1.807) is 12.4 Å². The molecular formula is C20H22F3N5. The summed E-state index contributed by atoms with van der Waals surface area (Å²) in [7, 11) is 0. The number of hydrogen-bond donors (Lipinski definition) is 1. The Morgan fingerprint density at radius 3 is 2.54 bits per heavy atom. The molecule has 0 fully saturated rings. The molecule has 148 valence electrons. The third-order valence-electron chi connectivity index (χ3n) is 5.42. The Morgan fingerprint density at radius 2 is 1.86 bits per heavy atom. The van der Waals surface area contributed by atoms with Crippen molar-refractivity contribution in [2.45, 2.75) is 38.4 Å². The van der Waals surface area contributed by atoms with Crippen LogP contribution in [0.4, 0.5) is 13.2 Å². The van der Waals surface area contributed by atoms with Crippen LogP contribution in [-0.2, 0) is 12.0 Å². The Balaban J connectivity index is 1.79. The smallest absolute Gasteiger partial charge is 0.370 e. The maximum absolute atomic E-state index is 13.0. The predicted octanol–water partition coefficient (Wildman–Crippen LogP) is 3.50. The zero-order chi connectivity index (χ0) is 20.2. The molecule has 2 aliphatic rings. The normalized spacial score (nSPS) is 23.6. The minimum absolute atomic E-state index is 0.0468. The van der Waals surface area contributed by atoms with Crippen LogP contribution in [0.25, 0.3) is 11.1 Å². The lowest BCUT2D eigenvalue weighted by Crippen LogP contribution is -2.45. The fourth-order valence-corrected chi connectivity index (χ4v) is 4.57. The van der Waals surface area contributed by atoms with Gasteiger partial charge in [0.25, 0.3) is 0 Å². The summed E-state index contributed by atoms with van der Waals surface area (Å²) in [6, 6.07) is 6.05. The van der Waals surface area contributed by atoms with Crippen LogP contribution in [-0.4, -0.2) is 40.1 Å². The zero-order valence-electron chi connectivity index (χ0n) is 15.8. The highest BCUT2D eigenvalue weighted by Gasteiger charge is 2.50. The van der Waals surface area contributed by atoms with E-state index in [1.165, 1.54) is 6.33 Å². The van der Waals surface area contributed by atoms with E-state index in [0.29, 0.717) is 6.42 Å². The maximum Gasteiger partial charge on any atom is 0.406 e. The van der Waals surface area contributed by atoms with E-state index in [-0.39, 0.29) is 17.9 Å². The van der Waals surface area contributed by atoms with Gasteiger partial charge in [-0.05, 0) is 41.0 Å². The summed E-state index contributed by atoms with van der Waals surface area (Å²) in [4.78, 5) is 13.9. The van der Waals surface area contributed by atoms with Crippen molar-refractivity contribution in [2.75, 3.05) is 13.1 Å². The van der Waals surface area contributed by atoms with Crippen molar-refractivity contribution in [2.24, 2.45) is 16.1 Å². The molecule has 0 radical (unpaired) electrons. The van der Waals surface area contributed by atoms with Crippen molar-refractivity contribution in [3.05, 3.63) is 48.0 Å². The molecule has 1 aliphatic carbocycles. The summed E-state index contributed by atoms with van der Waals surface area (Å²) in [5.41, 5.74) is 8.88. The molecule has 2 N–H and O–H groups in total. The van der Waals surface area contributed by atoms with Gasteiger partial charge in [-0.3, -0.25) is 0 Å². The first kappa shape index (κ1) is 18.7. The molecular weight excluding hydrogens is 367 g/mol. The molecule has 2 aromatic rings. The van der Waals surface area contributed by atoms with Gasteiger partial charge in [0, 0.05) is 18.0 Å². The fourth-order valence-electron chi connectivity index (χ4n) is 4.57. The molecule has 1 aromatic carbocycles. The fraction of sp³-hybridized carbons (Fsp3) is 0.450. The van der Waals surface area contributed by atoms with E-state index >= 15 is 0 Å². The van der Waals surface area contributed by atoms with Gasteiger partial charge in [0.15, 0.2) is 5.96 Å². The quantitative estimate of drug-likeness (QED) is 0.854. The zero-order valence-corrected chi connectivity index (χ0v) is 15.8. The molecule has 1 atom stereocenters. The summed E-state index contributed by atoms with van der Waals surface area (Å²) < 4.78 is 39.0. The molecule has 1 spiro atoms. The van der Waals surface area contributed by atoms with Crippen LogP contribution in [0.5, 0.6) is 0 Å². The molecule has 0 saturated heterocycles. The van der Waals surface area contributed by atoms with E-state index in [2.05, 4.69) is 28.8 Å². The Hall–Kier alpha value is -2.64. The van der Waals surface area contributed by atoms with E-state index in [4.69, 9.17) is 5.73 Å².